The summed E-state index contributed by atoms with van der Waals surface area (Å²) in [5, 5.41) is 12.9. The molecule has 1 aliphatic rings. The zero-order valence-corrected chi connectivity index (χ0v) is 9.85. The fourth-order valence-electron chi connectivity index (χ4n) is 2.21. The molecule has 0 aromatic heterocycles. The standard InChI is InChI=1S/C13H17NO3/c1-2-17-13(16)14-11-8-7-9-5-3-4-6-10(9)12(11)15/h3-6,11-12,15H,2,7-8H2,1H3,(H,14,16)/t11-,12+/m1/s1. The molecular formula is C13H17NO3. The summed E-state index contributed by atoms with van der Waals surface area (Å²) in [6.45, 7) is 2.09. The number of alkyl carbamates (subject to hydrolysis) is 1. The molecule has 0 unspecified atom stereocenters. The van der Waals surface area contributed by atoms with Gasteiger partial charge in [0.05, 0.1) is 18.8 Å². The van der Waals surface area contributed by atoms with E-state index in [0.29, 0.717) is 6.61 Å². The molecule has 0 spiro atoms. The lowest BCUT2D eigenvalue weighted by molar-refractivity contribution is 0.0983. The van der Waals surface area contributed by atoms with Crippen molar-refractivity contribution in [3.05, 3.63) is 35.4 Å². The Balaban J connectivity index is 2.07. The lowest BCUT2D eigenvalue weighted by Gasteiger charge is -2.30. The van der Waals surface area contributed by atoms with Gasteiger partial charge in [-0.2, -0.15) is 0 Å². The molecule has 4 nitrogen and oxygen atoms in total. The van der Waals surface area contributed by atoms with E-state index in [0.717, 1.165) is 24.0 Å². The average Bonchev–Trinajstić information content (AvgIpc) is 2.33. The minimum absolute atomic E-state index is 0.260. The van der Waals surface area contributed by atoms with E-state index in [9.17, 15) is 9.90 Å². The summed E-state index contributed by atoms with van der Waals surface area (Å²) in [6, 6.07) is 7.52. The van der Waals surface area contributed by atoms with Gasteiger partial charge in [0.25, 0.3) is 0 Å². The van der Waals surface area contributed by atoms with Gasteiger partial charge in [-0.05, 0) is 30.9 Å². The van der Waals surface area contributed by atoms with Crippen LogP contribution < -0.4 is 5.32 Å². The molecule has 0 radical (unpaired) electrons. The summed E-state index contributed by atoms with van der Waals surface area (Å²) in [5.41, 5.74) is 2.06. The number of aryl methyl sites for hydroxylation is 1. The third-order valence-corrected chi connectivity index (χ3v) is 3.06. The SMILES string of the molecule is CCOC(=O)N[C@@H]1CCc2ccccc2[C@@H]1O. The van der Waals surface area contributed by atoms with Crippen LogP contribution >= 0.6 is 0 Å². The molecule has 2 atom stereocenters. The largest absolute Gasteiger partial charge is 0.450 e. The molecule has 17 heavy (non-hydrogen) atoms. The van der Waals surface area contributed by atoms with Crippen LogP contribution in [0.4, 0.5) is 4.79 Å². The third kappa shape index (κ3) is 2.58. The fourth-order valence-corrected chi connectivity index (χ4v) is 2.21. The number of carbonyl (C=O) groups excluding carboxylic acids is 1. The monoisotopic (exact) mass is 235 g/mol. The number of hydrogen-bond acceptors (Lipinski definition) is 3. The van der Waals surface area contributed by atoms with Crippen molar-refractivity contribution in [2.24, 2.45) is 0 Å². The summed E-state index contributed by atoms with van der Waals surface area (Å²) < 4.78 is 4.82. The number of nitrogens with one attached hydrogen (secondary N) is 1. The van der Waals surface area contributed by atoms with Gasteiger partial charge in [0, 0.05) is 0 Å². The topological polar surface area (TPSA) is 58.6 Å². The molecule has 0 bridgehead atoms. The molecule has 0 fully saturated rings. The Morgan fingerprint density at radius 3 is 3.06 bits per heavy atom. The molecule has 0 saturated heterocycles. The quantitative estimate of drug-likeness (QED) is 0.821. The highest BCUT2D eigenvalue weighted by molar-refractivity contribution is 5.67. The van der Waals surface area contributed by atoms with Crippen molar-refractivity contribution in [1.29, 1.82) is 0 Å². The van der Waals surface area contributed by atoms with Crippen LogP contribution in [-0.2, 0) is 11.2 Å². The van der Waals surface area contributed by atoms with E-state index in [1.54, 1.807) is 6.92 Å². The Hall–Kier alpha value is -1.55. The molecule has 1 aromatic rings. The molecule has 2 N–H and O–H groups in total. The normalized spacial score (nSPS) is 22.7. The number of hydrogen-bond donors (Lipinski definition) is 2. The first-order valence-corrected chi connectivity index (χ1v) is 5.91. The van der Waals surface area contributed by atoms with E-state index >= 15 is 0 Å². The Labute approximate surface area is 101 Å². The van der Waals surface area contributed by atoms with Crippen LogP contribution in [0, 0.1) is 0 Å². The van der Waals surface area contributed by atoms with Crippen molar-refractivity contribution in [2.75, 3.05) is 6.61 Å². The smallest absolute Gasteiger partial charge is 0.407 e. The number of ether oxygens (including phenoxy) is 1. The molecule has 1 aliphatic carbocycles. The van der Waals surface area contributed by atoms with Crippen molar-refractivity contribution in [1.82, 2.24) is 5.32 Å². The second-order valence-corrected chi connectivity index (χ2v) is 4.15. The number of rotatable bonds is 2. The number of amides is 1. The number of benzene rings is 1. The van der Waals surface area contributed by atoms with Crippen molar-refractivity contribution < 1.29 is 14.6 Å². The summed E-state index contributed by atoms with van der Waals surface area (Å²) in [4.78, 5) is 11.3. The number of aliphatic hydroxyl groups excluding tert-OH is 1. The van der Waals surface area contributed by atoms with Gasteiger partial charge < -0.3 is 15.2 Å². The molecule has 0 aliphatic heterocycles. The van der Waals surface area contributed by atoms with Gasteiger partial charge in [-0.25, -0.2) is 4.79 Å². The van der Waals surface area contributed by atoms with Crippen molar-refractivity contribution in [2.45, 2.75) is 31.9 Å². The first-order valence-electron chi connectivity index (χ1n) is 5.91. The minimum Gasteiger partial charge on any atom is -0.450 e. The first kappa shape index (κ1) is 11.9. The Kier molecular flexibility index (Phi) is 3.64. The van der Waals surface area contributed by atoms with E-state index in [4.69, 9.17) is 4.74 Å². The van der Waals surface area contributed by atoms with Gasteiger partial charge >= 0.3 is 6.09 Å². The van der Waals surface area contributed by atoms with Crippen molar-refractivity contribution in [3.8, 4) is 0 Å². The van der Waals surface area contributed by atoms with Gasteiger partial charge in [-0.3, -0.25) is 0 Å². The van der Waals surface area contributed by atoms with E-state index in [2.05, 4.69) is 5.32 Å². The number of carbonyl (C=O) groups is 1. The maximum Gasteiger partial charge on any atom is 0.407 e. The minimum atomic E-state index is -0.649. The molecule has 92 valence electrons. The Bertz CT molecular complexity index is 405. The average molecular weight is 235 g/mol. The van der Waals surface area contributed by atoms with Gasteiger partial charge in [-0.1, -0.05) is 24.3 Å². The van der Waals surface area contributed by atoms with E-state index in [1.165, 1.54) is 0 Å². The highest BCUT2D eigenvalue weighted by Crippen LogP contribution is 2.29. The first-order chi connectivity index (χ1) is 8.22. The molecule has 4 heteroatoms. The van der Waals surface area contributed by atoms with E-state index in [-0.39, 0.29) is 6.04 Å². The van der Waals surface area contributed by atoms with Crippen LogP contribution in [0.1, 0.15) is 30.6 Å². The maximum absolute atomic E-state index is 11.3. The summed E-state index contributed by atoms with van der Waals surface area (Å²) in [7, 11) is 0. The van der Waals surface area contributed by atoms with Crippen LogP contribution in [0.25, 0.3) is 0 Å². The number of fused-ring (bicyclic) bond motifs is 1. The van der Waals surface area contributed by atoms with Crippen LogP contribution in [0.5, 0.6) is 0 Å². The van der Waals surface area contributed by atoms with Crippen molar-refractivity contribution in [3.63, 3.8) is 0 Å². The van der Waals surface area contributed by atoms with Crippen LogP contribution in [0.2, 0.25) is 0 Å². The molecule has 0 saturated carbocycles. The molecular weight excluding hydrogens is 218 g/mol. The molecule has 2 rings (SSSR count). The second kappa shape index (κ2) is 5.19. The molecule has 1 amide bonds. The molecule has 0 heterocycles. The van der Waals surface area contributed by atoms with Gasteiger partial charge in [0.2, 0.25) is 0 Å². The second-order valence-electron chi connectivity index (χ2n) is 4.15. The zero-order chi connectivity index (χ0) is 12.3. The highest BCUT2D eigenvalue weighted by atomic mass is 16.5. The zero-order valence-electron chi connectivity index (χ0n) is 9.85. The lowest BCUT2D eigenvalue weighted by atomic mass is 9.86. The number of aliphatic hydroxyl groups is 1. The van der Waals surface area contributed by atoms with Crippen LogP contribution in [0.15, 0.2) is 24.3 Å². The summed E-state index contributed by atoms with van der Waals surface area (Å²) in [5.74, 6) is 0. The fraction of sp³-hybridized carbons (Fsp3) is 0.462. The van der Waals surface area contributed by atoms with E-state index in [1.807, 2.05) is 24.3 Å². The summed E-state index contributed by atoms with van der Waals surface area (Å²) >= 11 is 0. The predicted octanol–water partition coefficient (Wildman–Crippen LogP) is 1.78. The van der Waals surface area contributed by atoms with Crippen molar-refractivity contribution >= 4 is 6.09 Å². The van der Waals surface area contributed by atoms with Crippen LogP contribution in [-0.4, -0.2) is 23.8 Å². The summed E-state index contributed by atoms with van der Waals surface area (Å²) in [6.07, 6.45) is 0.488. The highest BCUT2D eigenvalue weighted by Gasteiger charge is 2.28. The van der Waals surface area contributed by atoms with Gasteiger partial charge in [-0.15, -0.1) is 0 Å². The molecule has 1 aromatic carbocycles. The van der Waals surface area contributed by atoms with Gasteiger partial charge in [0.15, 0.2) is 0 Å². The predicted molar refractivity (Wildman–Crippen MR) is 63.7 cm³/mol. The lowest BCUT2D eigenvalue weighted by Crippen LogP contribution is -2.42. The Morgan fingerprint density at radius 1 is 1.53 bits per heavy atom. The van der Waals surface area contributed by atoms with Crippen LogP contribution in [0.3, 0.4) is 0 Å². The Morgan fingerprint density at radius 2 is 2.29 bits per heavy atom. The van der Waals surface area contributed by atoms with Gasteiger partial charge in [0.1, 0.15) is 0 Å². The van der Waals surface area contributed by atoms with E-state index < -0.39 is 12.2 Å². The maximum atomic E-state index is 11.3. The third-order valence-electron chi connectivity index (χ3n) is 3.06.